The van der Waals surface area contributed by atoms with Crippen molar-refractivity contribution in [3.63, 3.8) is 0 Å². The summed E-state index contributed by atoms with van der Waals surface area (Å²) in [6.45, 7) is 13.1. The zero-order valence-corrected chi connectivity index (χ0v) is 13.1. The Morgan fingerprint density at radius 1 is 0.889 bits per heavy atom. The Bertz CT molecular complexity index is 271. The molecule has 0 aromatic heterocycles. The lowest BCUT2D eigenvalue weighted by Crippen LogP contribution is -2.29. The summed E-state index contributed by atoms with van der Waals surface area (Å²) in [5.41, 5.74) is 2.22. The van der Waals surface area contributed by atoms with Gasteiger partial charge in [-0.3, -0.25) is 0 Å². The first-order chi connectivity index (χ1) is 8.56. The highest BCUT2D eigenvalue weighted by atomic mass is 16.5. The monoisotopic (exact) mass is 254 g/mol. The fourth-order valence-electron chi connectivity index (χ4n) is 2.82. The van der Waals surface area contributed by atoms with E-state index in [9.17, 15) is 4.79 Å². The van der Waals surface area contributed by atoms with Crippen LogP contribution in [-0.2, 0) is 9.53 Å². The summed E-state index contributed by atoms with van der Waals surface area (Å²) in [7, 11) is 0. The molecule has 0 atom stereocenters. The molecule has 18 heavy (non-hydrogen) atoms. The third-order valence-corrected chi connectivity index (χ3v) is 4.25. The van der Waals surface area contributed by atoms with Gasteiger partial charge < -0.3 is 4.74 Å². The lowest BCUT2D eigenvalue weighted by atomic mass is 9.71. The van der Waals surface area contributed by atoms with Crippen molar-refractivity contribution in [2.75, 3.05) is 6.61 Å². The molecule has 2 heteroatoms. The highest BCUT2D eigenvalue weighted by molar-refractivity contribution is 5.91. The smallest absolute Gasteiger partial charge is 0.334 e. The standard InChI is InChI=1S/C16H30O2/c1-7-13(8-2)14(15(17)18-12-6)16(9-3,10-4)11-5/h7-12H2,1-6H3. The second-order valence-electron chi connectivity index (χ2n) is 4.75. The minimum atomic E-state index is -0.0956. The van der Waals surface area contributed by atoms with E-state index in [2.05, 4.69) is 34.6 Å². The number of carbonyl (C=O) groups is 1. The van der Waals surface area contributed by atoms with Crippen molar-refractivity contribution in [3.8, 4) is 0 Å². The summed E-state index contributed by atoms with van der Waals surface area (Å²) in [5.74, 6) is -0.0956. The lowest BCUT2D eigenvalue weighted by molar-refractivity contribution is -0.140. The molecule has 0 radical (unpaired) electrons. The first-order valence-electron chi connectivity index (χ1n) is 7.46. The molecule has 0 saturated heterocycles. The summed E-state index contributed by atoms with van der Waals surface area (Å²) in [6.07, 6.45) is 4.87. The van der Waals surface area contributed by atoms with E-state index in [4.69, 9.17) is 4.74 Å². The van der Waals surface area contributed by atoms with Gasteiger partial charge in [-0.05, 0) is 39.0 Å². The zero-order valence-electron chi connectivity index (χ0n) is 13.1. The summed E-state index contributed by atoms with van der Waals surface area (Å²) in [6, 6.07) is 0. The Hall–Kier alpha value is -0.790. The fourth-order valence-corrected chi connectivity index (χ4v) is 2.82. The molecule has 0 aromatic rings. The third kappa shape index (κ3) is 3.60. The van der Waals surface area contributed by atoms with Gasteiger partial charge >= 0.3 is 5.97 Å². The van der Waals surface area contributed by atoms with Crippen molar-refractivity contribution in [2.24, 2.45) is 5.41 Å². The maximum absolute atomic E-state index is 12.3. The lowest BCUT2D eigenvalue weighted by Gasteiger charge is -2.34. The first-order valence-corrected chi connectivity index (χ1v) is 7.46. The average molecular weight is 254 g/mol. The van der Waals surface area contributed by atoms with Crippen molar-refractivity contribution in [1.82, 2.24) is 0 Å². The minimum absolute atomic E-state index is 0.00634. The molecule has 106 valence electrons. The largest absolute Gasteiger partial charge is 0.463 e. The molecule has 0 heterocycles. The number of rotatable bonds is 8. The molecule has 0 rings (SSSR count). The highest BCUT2D eigenvalue weighted by Crippen LogP contribution is 2.42. The molecule has 0 saturated carbocycles. The Morgan fingerprint density at radius 3 is 1.61 bits per heavy atom. The normalized spacial score (nSPS) is 11.2. The van der Waals surface area contributed by atoms with Gasteiger partial charge in [0.25, 0.3) is 0 Å². The van der Waals surface area contributed by atoms with Crippen molar-refractivity contribution in [2.45, 2.75) is 73.6 Å². The Kier molecular flexibility index (Phi) is 7.97. The molecule has 0 aliphatic carbocycles. The van der Waals surface area contributed by atoms with Crippen molar-refractivity contribution < 1.29 is 9.53 Å². The van der Waals surface area contributed by atoms with Gasteiger partial charge in [0.2, 0.25) is 0 Å². The Balaban J connectivity index is 5.72. The topological polar surface area (TPSA) is 26.3 Å². The number of hydrogen-bond donors (Lipinski definition) is 0. The molecule has 0 N–H and O–H groups in total. The van der Waals surface area contributed by atoms with Gasteiger partial charge in [0.15, 0.2) is 0 Å². The van der Waals surface area contributed by atoms with E-state index in [1.165, 1.54) is 5.57 Å². The maximum Gasteiger partial charge on any atom is 0.334 e. The predicted octanol–water partition coefficient (Wildman–Crippen LogP) is 4.88. The van der Waals surface area contributed by atoms with Crippen LogP contribution in [0.4, 0.5) is 0 Å². The molecule has 0 spiro atoms. The van der Waals surface area contributed by atoms with Crippen molar-refractivity contribution >= 4 is 5.97 Å². The van der Waals surface area contributed by atoms with Crippen LogP contribution >= 0.6 is 0 Å². The van der Waals surface area contributed by atoms with Gasteiger partial charge in [0.05, 0.1) is 6.61 Å². The van der Waals surface area contributed by atoms with Crippen LogP contribution in [0.1, 0.15) is 73.6 Å². The van der Waals surface area contributed by atoms with Gasteiger partial charge in [-0.2, -0.15) is 0 Å². The van der Waals surface area contributed by atoms with Gasteiger partial charge in [0, 0.05) is 11.0 Å². The van der Waals surface area contributed by atoms with E-state index in [0.717, 1.165) is 37.7 Å². The molecule has 0 fully saturated rings. The van der Waals surface area contributed by atoms with Crippen LogP contribution in [0.15, 0.2) is 11.1 Å². The molecule has 0 unspecified atom stereocenters. The van der Waals surface area contributed by atoms with Crippen molar-refractivity contribution in [1.29, 1.82) is 0 Å². The van der Waals surface area contributed by atoms with Gasteiger partial charge in [-0.15, -0.1) is 0 Å². The number of ether oxygens (including phenoxy) is 1. The van der Waals surface area contributed by atoms with E-state index in [0.29, 0.717) is 6.61 Å². The number of esters is 1. The van der Waals surface area contributed by atoms with Crippen LogP contribution in [0.5, 0.6) is 0 Å². The molecule has 0 aromatic carbocycles. The number of hydrogen-bond acceptors (Lipinski definition) is 2. The molecule has 0 aliphatic heterocycles. The van der Waals surface area contributed by atoms with Crippen LogP contribution in [0.2, 0.25) is 0 Å². The molecule has 0 bridgehead atoms. The Labute approximate surface area is 113 Å². The molecule has 0 aliphatic rings. The molecule has 2 nitrogen and oxygen atoms in total. The Morgan fingerprint density at radius 2 is 1.33 bits per heavy atom. The van der Waals surface area contributed by atoms with E-state index in [1.54, 1.807) is 0 Å². The number of allylic oxidation sites excluding steroid dienone is 1. The summed E-state index contributed by atoms with van der Waals surface area (Å²) < 4.78 is 5.30. The second-order valence-corrected chi connectivity index (χ2v) is 4.75. The fraction of sp³-hybridized carbons (Fsp3) is 0.812. The van der Waals surface area contributed by atoms with Gasteiger partial charge in [0.1, 0.15) is 0 Å². The summed E-state index contributed by atoms with van der Waals surface area (Å²) >= 11 is 0. The van der Waals surface area contributed by atoms with Crippen molar-refractivity contribution in [3.05, 3.63) is 11.1 Å². The van der Waals surface area contributed by atoms with E-state index in [-0.39, 0.29) is 11.4 Å². The molecular formula is C16H30O2. The molecular weight excluding hydrogens is 224 g/mol. The quantitative estimate of drug-likeness (QED) is 0.455. The van der Waals surface area contributed by atoms with Crippen LogP contribution < -0.4 is 0 Å². The maximum atomic E-state index is 12.3. The predicted molar refractivity (Wildman–Crippen MR) is 77.5 cm³/mol. The first kappa shape index (κ1) is 17.2. The van der Waals surface area contributed by atoms with E-state index in [1.807, 2.05) is 6.92 Å². The van der Waals surface area contributed by atoms with Gasteiger partial charge in [-0.25, -0.2) is 4.79 Å². The van der Waals surface area contributed by atoms with Gasteiger partial charge in [-0.1, -0.05) is 40.2 Å². The van der Waals surface area contributed by atoms with Crippen LogP contribution in [0.3, 0.4) is 0 Å². The zero-order chi connectivity index (χ0) is 14.2. The third-order valence-electron chi connectivity index (χ3n) is 4.25. The summed E-state index contributed by atoms with van der Waals surface area (Å²) in [4.78, 5) is 12.3. The minimum Gasteiger partial charge on any atom is -0.463 e. The van der Waals surface area contributed by atoms with Crippen LogP contribution in [-0.4, -0.2) is 12.6 Å². The van der Waals surface area contributed by atoms with E-state index < -0.39 is 0 Å². The second kappa shape index (κ2) is 8.34. The highest BCUT2D eigenvalue weighted by Gasteiger charge is 2.35. The SMILES string of the molecule is CCOC(=O)C(=C(CC)CC)C(CC)(CC)CC. The van der Waals surface area contributed by atoms with Crippen LogP contribution in [0, 0.1) is 5.41 Å². The number of carbonyl (C=O) groups excluding carboxylic acids is 1. The molecule has 0 amide bonds. The summed E-state index contributed by atoms with van der Waals surface area (Å²) in [5, 5.41) is 0. The van der Waals surface area contributed by atoms with E-state index >= 15 is 0 Å². The average Bonchev–Trinajstić information content (AvgIpc) is 2.40. The van der Waals surface area contributed by atoms with Crippen LogP contribution in [0.25, 0.3) is 0 Å².